The Morgan fingerprint density at radius 1 is 1.41 bits per heavy atom. The van der Waals surface area contributed by atoms with Gasteiger partial charge in [0.1, 0.15) is 0 Å². The van der Waals surface area contributed by atoms with Crippen LogP contribution in [0.1, 0.15) is 39.7 Å². The summed E-state index contributed by atoms with van der Waals surface area (Å²) in [4.78, 5) is 14.9. The topological polar surface area (TPSA) is 59.0 Å². The van der Waals surface area contributed by atoms with Gasteiger partial charge in [-0.1, -0.05) is 0 Å². The number of hydrogen-bond donors (Lipinski definition) is 1. The van der Waals surface area contributed by atoms with E-state index in [1.54, 1.807) is 4.90 Å². The third-order valence-corrected chi connectivity index (χ3v) is 5.37. The van der Waals surface area contributed by atoms with Crippen molar-refractivity contribution in [3.63, 3.8) is 0 Å². The molecule has 1 aromatic carbocycles. The average Bonchev–Trinajstić information content (AvgIpc) is 3.04. The number of amides is 1. The van der Waals surface area contributed by atoms with Gasteiger partial charge in [0.2, 0.25) is 0 Å². The van der Waals surface area contributed by atoms with E-state index in [1.807, 2.05) is 64.1 Å². The number of hydrogen-bond acceptors (Lipinski definition) is 4. The molecule has 27 heavy (non-hydrogen) atoms. The first-order valence-corrected chi connectivity index (χ1v) is 10.2. The first-order chi connectivity index (χ1) is 12.9. The molecule has 148 valence electrons. The Morgan fingerprint density at radius 3 is 2.67 bits per heavy atom. The normalized spacial score (nSPS) is 19.9. The predicted molar refractivity (Wildman–Crippen MR) is 107 cm³/mol. The summed E-state index contributed by atoms with van der Waals surface area (Å²) in [6, 6.07) is 9.55. The van der Waals surface area contributed by atoms with Crippen LogP contribution in [0.2, 0.25) is 0 Å². The molecule has 6 heteroatoms. The van der Waals surface area contributed by atoms with Crippen LogP contribution in [0, 0.1) is 5.92 Å². The van der Waals surface area contributed by atoms with Gasteiger partial charge in [-0.3, -0.25) is 0 Å². The van der Waals surface area contributed by atoms with Gasteiger partial charge in [0.25, 0.3) is 0 Å². The minimum absolute atomic E-state index is 0.0840. The van der Waals surface area contributed by atoms with Gasteiger partial charge in [0.15, 0.2) is 0 Å². The second kappa shape index (κ2) is 10.2. The molecule has 1 aliphatic heterocycles. The monoisotopic (exact) mass is 439 g/mol. The third-order valence-electron chi connectivity index (χ3n) is 4.71. The molecule has 0 radical (unpaired) electrons. The van der Waals surface area contributed by atoms with Crippen LogP contribution in [0.4, 0.5) is 0 Å². The molecule has 1 saturated heterocycles. The van der Waals surface area contributed by atoms with E-state index >= 15 is 0 Å². The molecule has 1 heterocycles. The Labute approximate surface area is 169 Å². The Kier molecular flexibility index (Phi) is 8.24. The van der Waals surface area contributed by atoms with E-state index in [0.29, 0.717) is 11.3 Å². The van der Waals surface area contributed by atoms with Crippen molar-refractivity contribution in [1.29, 1.82) is 0 Å². The van der Waals surface area contributed by atoms with Gasteiger partial charge in [-0.2, -0.15) is 0 Å². The first kappa shape index (κ1) is 21.8. The van der Waals surface area contributed by atoms with Crippen LogP contribution < -0.4 is 0 Å². The summed E-state index contributed by atoms with van der Waals surface area (Å²) >= 11 is 2.82. The molecule has 2 rings (SSSR count). The van der Waals surface area contributed by atoms with E-state index in [1.165, 1.54) is 0 Å². The fourth-order valence-corrected chi connectivity index (χ4v) is 3.67. The van der Waals surface area contributed by atoms with E-state index < -0.39 is 12.2 Å². The van der Waals surface area contributed by atoms with Crippen molar-refractivity contribution in [1.82, 2.24) is 4.90 Å². The Hall–Kier alpha value is -1.46. The maximum absolute atomic E-state index is 13.3. The van der Waals surface area contributed by atoms with Gasteiger partial charge < -0.3 is 0 Å². The number of benzene rings is 1. The first-order valence-electron chi connectivity index (χ1n) is 9.36. The summed E-state index contributed by atoms with van der Waals surface area (Å²) in [5.74, 6) is -0.0637. The summed E-state index contributed by atoms with van der Waals surface area (Å²) in [6.45, 7) is 8.60. The standard InChI is InChI=1S/C21H29NO4Se/c1-5-9-15(4)18(23)19(25-12-16-10-7-6-8-11-16)20(24)22-17(14(2)3)13-26-21(22)27/h6-11,14,17-19,23H,5,12-13H2,1-4H3/b15-9+/t17-,18-,19-/m1/s1. The molecule has 1 aromatic rings. The third kappa shape index (κ3) is 5.52. The molecule has 5 nitrogen and oxygen atoms in total. The fourth-order valence-electron chi connectivity index (χ4n) is 3.06. The molecule has 0 aliphatic carbocycles. The number of carbonyl (C=O) groups is 1. The molecule has 0 aromatic heterocycles. The van der Waals surface area contributed by atoms with Crippen molar-refractivity contribution in [2.24, 2.45) is 5.92 Å². The van der Waals surface area contributed by atoms with E-state index in [9.17, 15) is 9.90 Å². The zero-order valence-electron chi connectivity index (χ0n) is 16.4. The van der Waals surface area contributed by atoms with Crippen molar-refractivity contribution in [3.8, 4) is 0 Å². The van der Waals surface area contributed by atoms with Crippen molar-refractivity contribution < 1.29 is 19.4 Å². The number of aliphatic hydroxyl groups is 1. The van der Waals surface area contributed by atoms with Crippen LogP contribution in [0.5, 0.6) is 0 Å². The molecule has 1 N–H and O–H groups in total. The quantitative estimate of drug-likeness (QED) is 0.501. The molecule has 0 spiro atoms. The van der Waals surface area contributed by atoms with Crippen LogP contribution in [-0.4, -0.2) is 61.1 Å². The number of carbonyl (C=O) groups excluding carboxylic acids is 1. The van der Waals surface area contributed by atoms with Gasteiger partial charge >= 0.3 is 170 Å². The van der Waals surface area contributed by atoms with Gasteiger partial charge in [-0.05, 0) is 0 Å². The van der Waals surface area contributed by atoms with Crippen LogP contribution in [0.3, 0.4) is 0 Å². The van der Waals surface area contributed by atoms with Crippen LogP contribution >= 0.6 is 0 Å². The number of nitrogens with zero attached hydrogens (tertiary/aromatic N) is 1. The fraction of sp³-hybridized carbons (Fsp3) is 0.524. The van der Waals surface area contributed by atoms with E-state index in [0.717, 1.165) is 17.6 Å². The second-order valence-corrected chi connectivity index (χ2v) is 7.85. The molecular weight excluding hydrogens is 409 g/mol. The summed E-state index contributed by atoms with van der Waals surface area (Å²) in [5, 5.41) is 10.8. The van der Waals surface area contributed by atoms with Crippen LogP contribution in [-0.2, 0) is 20.9 Å². The van der Waals surface area contributed by atoms with Crippen molar-refractivity contribution in [3.05, 3.63) is 47.5 Å². The predicted octanol–water partition coefficient (Wildman–Crippen LogP) is 2.43. The number of rotatable bonds is 8. The SMILES string of the molecule is CC/C=C(\C)[C@@H](O)[C@@H](OCc1ccccc1)C(=O)N1C(=[Se])OC[C@@H]1C(C)C. The molecular formula is C21H29NO4Se. The minimum atomic E-state index is -1.01. The van der Waals surface area contributed by atoms with Crippen LogP contribution in [0.15, 0.2) is 42.0 Å². The number of aliphatic hydroxyl groups excluding tert-OH is 1. The molecule has 0 saturated carbocycles. The zero-order valence-corrected chi connectivity index (χ0v) is 18.1. The molecule has 1 amide bonds. The van der Waals surface area contributed by atoms with E-state index in [2.05, 4.69) is 15.6 Å². The average molecular weight is 438 g/mol. The summed E-state index contributed by atoms with van der Waals surface area (Å²) in [5.41, 5.74) is 1.68. The molecule has 1 fully saturated rings. The van der Waals surface area contributed by atoms with Gasteiger partial charge in [0.05, 0.1) is 0 Å². The van der Waals surface area contributed by atoms with Crippen molar-refractivity contribution in [2.45, 2.75) is 59.0 Å². The Balaban J connectivity index is 2.25. The second-order valence-electron chi connectivity index (χ2n) is 7.11. The van der Waals surface area contributed by atoms with Crippen molar-refractivity contribution >= 4 is 26.2 Å². The van der Waals surface area contributed by atoms with Gasteiger partial charge in [-0.15, -0.1) is 0 Å². The van der Waals surface area contributed by atoms with E-state index in [4.69, 9.17) is 9.47 Å². The molecule has 1 aliphatic rings. The zero-order chi connectivity index (χ0) is 20.0. The Morgan fingerprint density at radius 2 is 2.07 bits per heavy atom. The van der Waals surface area contributed by atoms with Gasteiger partial charge in [0, 0.05) is 0 Å². The number of ether oxygens (including phenoxy) is 2. The number of allylic oxidation sites excluding steroid dienone is 1. The maximum atomic E-state index is 13.3. The molecule has 0 unspecified atom stereocenters. The Bertz CT molecular complexity index is 674. The summed E-state index contributed by atoms with van der Waals surface area (Å²) in [7, 11) is 0. The summed E-state index contributed by atoms with van der Waals surface area (Å²) < 4.78 is 12.0. The summed E-state index contributed by atoms with van der Waals surface area (Å²) in [6.07, 6.45) is 0.685. The molecule has 0 bridgehead atoms. The van der Waals surface area contributed by atoms with Crippen molar-refractivity contribution in [2.75, 3.05) is 6.61 Å². The van der Waals surface area contributed by atoms with Crippen LogP contribution in [0.25, 0.3) is 0 Å². The van der Waals surface area contributed by atoms with Gasteiger partial charge in [-0.25, -0.2) is 0 Å². The molecule has 3 atom stereocenters. The van der Waals surface area contributed by atoms with E-state index in [-0.39, 0.29) is 24.5 Å².